The van der Waals surface area contributed by atoms with E-state index in [9.17, 15) is 19.2 Å². The van der Waals surface area contributed by atoms with Crippen molar-refractivity contribution in [2.45, 2.75) is 136 Å². The van der Waals surface area contributed by atoms with Gasteiger partial charge in [0.1, 0.15) is 23.7 Å². The van der Waals surface area contributed by atoms with Crippen molar-refractivity contribution in [3.63, 3.8) is 0 Å². The maximum Gasteiger partial charge on any atom is 0.407 e. The quantitative estimate of drug-likeness (QED) is 0.0834. The maximum absolute atomic E-state index is 13.9. The number of likely N-dealkylation sites (tertiary alicyclic amines) is 2. The van der Waals surface area contributed by atoms with Crippen LogP contribution >= 0.6 is 0 Å². The summed E-state index contributed by atoms with van der Waals surface area (Å²) in [6, 6.07) is 8.99. The summed E-state index contributed by atoms with van der Waals surface area (Å²) in [5.74, 6) is 0.988. The van der Waals surface area contributed by atoms with Gasteiger partial charge in [0.2, 0.25) is 11.8 Å². The minimum Gasteiger partial charge on any atom is -0.453 e. The number of carbonyl (C=O) groups is 4. The van der Waals surface area contributed by atoms with E-state index in [-0.39, 0.29) is 41.1 Å². The second-order valence-corrected chi connectivity index (χ2v) is 20.7. The number of aromatic nitrogens is 5. The third-order valence-corrected chi connectivity index (χ3v) is 15.7. The van der Waals surface area contributed by atoms with E-state index in [4.69, 9.17) is 24.4 Å². The number of hydrogen-bond donors (Lipinski definition) is 4. The van der Waals surface area contributed by atoms with Crippen LogP contribution < -0.4 is 10.6 Å². The van der Waals surface area contributed by atoms with Crippen LogP contribution in [-0.4, -0.2) is 98.1 Å². The number of nitrogens with one attached hydrogen (secondary N) is 4. The van der Waals surface area contributed by atoms with Gasteiger partial charge >= 0.3 is 12.2 Å². The number of carbonyl (C=O) groups excluding carboxylic acids is 4. The van der Waals surface area contributed by atoms with E-state index in [0.29, 0.717) is 13.1 Å². The van der Waals surface area contributed by atoms with Crippen molar-refractivity contribution in [3.05, 3.63) is 88.8 Å². The van der Waals surface area contributed by atoms with Crippen LogP contribution in [0.15, 0.2) is 54.9 Å². The van der Waals surface area contributed by atoms with E-state index < -0.39 is 24.3 Å². The SMILES string of the molecule is CC=CCc1c(-c2ncc(-c3ccc4nc(C5CCCN5C(=O)C(NC(=O)OC)C(C)C)[nH]c4c3)c3c2CC2(CCCC2)C3)ccc(-c2cnc(C3CCCN3C(=O)C(NC(=O)OC)C(C)C)[nH]2)c1C. The first-order valence-corrected chi connectivity index (χ1v) is 25.3. The molecule has 4 atom stereocenters. The van der Waals surface area contributed by atoms with Crippen LogP contribution in [-0.2, 0) is 38.3 Å². The largest absolute Gasteiger partial charge is 0.453 e. The Morgan fingerprint density at radius 1 is 0.771 bits per heavy atom. The number of pyridine rings is 1. The zero-order chi connectivity index (χ0) is 49.4. The Hall–Kier alpha value is -6.51. The Kier molecular flexibility index (Phi) is 13.9. The number of imidazole rings is 2. The van der Waals surface area contributed by atoms with Crippen LogP contribution in [0.4, 0.5) is 9.59 Å². The number of rotatable bonds is 13. The first-order valence-electron chi connectivity index (χ1n) is 25.3. The molecule has 1 spiro atoms. The number of alkyl carbamates (subject to hydrolysis) is 2. The molecule has 5 heterocycles. The van der Waals surface area contributed by atoms with E-state index >= 15 is 0 Å². The summed E-state index contributed by atoms with van der Waals surface area (Å²) in [6.07, 6.45) is 18.0. The van der Waals surface area contributed by atoms with Gasteiger partial charge in [0.25, 0.3) is 0 Å². The van der Waals surface area contributed by atoms with Gasteiger partial charge in [0, 0.05) is 36.0 Å². The van der Waals surface area contributed by atoms with E-state index in [1.165, 1.54) is 56.6 Å². The van der Waals surface area contributed by atoms with Gasteiger partial charge in [-0.3, -0.25) is 14.6 Å². The summed E-state index contributed by atoms with van der Waals surface area (Å²) in [7, 11) is 2.61. The second kappa shape index (κ2) is 20.1. The third-order valence-electron chi connectivity index (χ3n) is 15.7. The number of ether oxygens (including phenoxy) is 2. The fourth-order valence-electron chi connectivity index (χ4n) is 11.9. The predicted octanol–water partition coefficient (Wildman–Crippen LogP) is 9.86. The van der Waals surface area contributed by atoms with Crippen LogP contribution in [0.25, 0.3) is 44.7 Å². The topological polar surface area (TPSA) is 188 Å². The van der Waals surface area contributed by atoms with E-state index in [0.717, 1.165) is 107 Å². The van der Waals surface area contributed by atoms with E-state index in [1.54, 1.807) is 0 Å². The Labute approximate surface area is 411 Å². The number of aromatic amines is 2. The summed E-state index contributed by atoms with van der Waals surface area (Å²) in [4.78, 5) is 78.4. The van der Waals surface area contributed by atoms with Crippen LogP contribution in [0.2, 0.25) is 0 Å². The first-order chi connectivity index (χ1) is 33.7. The third kappa shape index (κ3) is 9.19. The fraction of sp³-hybridized carbons (Fsp3) is 0.509. The molecular weight excluding hydrogens is 883 g/mol. The monoisotopic (exact) mass is 952 g/mol. The van der Waals surface area contributed by atoms with Crippen molar-refractivity contribution in [3.8, 4) is 33.6 Å². The Bertz CT molecular complexity index is 2820. The van der Waals surface area contributed by atoms with Crippen LogP contribution in [0, 0.1) is 24.2 Å². The lowest BCUT2D eigenvalue weighted by Gasteiger charge is -2.30. The molecule has 4 amide bonds. The number of fused-ring (bicyclic) bond motifs is 2. The van der Waals surface area contributed by atoms with Crippen molar-refractivity contribution in [2.75, 3.05) is 27.3 Å². The molecule has 3 aromatic heterocycles. The van der Waals surface area contributed by atoms with Gasteiger partial charge < -0.3 is 39.9 Å². The van der Waals surface area contributed by atoms with Crippen molar-refractivity contribution >= 4 is 35.0 Å². The molecule has 3 fully saturated rings. The molecule has 4 N–H and O–H groups in total. The molecule has 9 rings (SSSR count). The molecule has 0 radical (unpaired) electrons. The van der Waals surface area contributed by atoms with Gasteiger partial charge in [0.05, 0.1) is 54.9 Å². The summed E-state index contributed by atoms with van der Waals surface area (Å²) in [5, 5.41) is 5.50. The predicted molar refractivity (Wildman–Crippen MR) is 270 cm³/mol. The van der Waals surface area contributed by atoms with Crippen molar-refractivity contribution < 1.29 is 28.7 Å². The fourth-order valence-corrected chi connectivity index (χ4v) is 11.9. The van der Waals surface area contributed by atoms with Gasteiger partial charge in [-0.15, -0.1) is 0 Å². The summed E-state index contributed by atoms with van der Waals surface area (Å²) in [5.41, 5.74) is 13.5. The highest BCUT2D eigenvalue weighted by atomic mass is 16.5. The lowest BCUT2D eigenvalue weighted by atomic mass is 9.82. The van der Waals surface area contributed by atoms with Gasteiger partial charge in [-0.1, -0.05) is 70.9 Å². The van der Waals surface area contributed by atoms with Crippen LogP contribution in [0.3, 0.4) is 0 Å². The van der Waals surface area contributed by atoms with Crippen molar-refractivity contribution in [1.29, 1.82) is 0 Å². The maximum atomic E-state index is 13.9. The highest BCUT2D eigenvalue weighted by Crippen LogP contribution is 2.53. The average Bonchev–Trinajstić information content (AvgIpc) is 4.22. The second-order valence-electron chi connectivity index (χ2n) is 20.7. The Morgan fingerprint density at radius 3 is 2.00 bits per heavy atom. The molecule has 15 nitrogen and oxygen atoms in total. The molecule has 1 saturated carbocycles. The highest BCUT2D eigenvalue weighted by molar-refractivity contribution is 5.88. The molecule has 15 heteroatoms. The Balaban J connectivity index is 1.04. The molecule has 370 valence electrons. The highest BCUT2D eigenvalue weighted by Gasteiger charge is 2.43. The van der Waals surface area contributed by atoms with Gasteiger partial charge in [-0.25, -0.2) is 19.6 Å². The summed E-state index contributed by atoms with van der Waals surface area (Å²) < 4.78 is 9.68. The lowest BCUT2D eigenvalue weighted by molar-refractivity contribution is -0.136. The first kappa shape index (κ1) is 48.5. The molecule has 2 aliphatic heterocycles. The molecule has 70 heavy (non-hydrogen) atoms. The molecule has 2 aromatic carbocycles. The smallest absolute Gasteiger partial charge is 0.407 e. The number of methoxy groups -OCH3 is 2. The molecule has 4 unspecified atom stereocenters. The number of benzene rings is 2. The molecule has 4 aliphatic rings. The Morgan fingerprint density at radius 2 is 1.39 bits per heavy atom. The summed E-state index contributed by atoms with van der Waals surface area (Å²) in [6.45, 7) is 13.1. The number of H-pyrrole nitrogens is 2. The van der Waals surface area contributed by atoms with Crippen molar-refractivity contribution in [1.82, 2.24) is 45.4 Å². The molecule has 2 aliphatic carbocycles. The van der Waals surface area contributed by atoms with Crippen LogP contribution in [0.5, 0.6) is 0 Å². The zero-order valence-corrected chi connectivity index (χ0v) is 42.0. The van der Waals surface area contributed by atoms with E-state index in [1.807, 2.05) is 43.7 Å². The minimum atomic E-state index is -0.705. The lowest BCUT2D eigenvalue weighted by Crippen LogP contribution is -2.51. The average molecular weight is 952 g/mol. The number of allylic oxidation sites excluding steroid dienone is 2. The molecule has 5 aromatic rings. The van der Waals surface area contributed by atoms with Gasteiger partial charge in [0.15, 0.2) is 0 Å². The number of nitrogens with zero attached hydrogens (tertiary/aromatic N) is 5. The minimum absolute atomic E-state index is 0.117. The van der Waals surface area contributed by atoms with Crippen LogP contribution in [0.1, 0.15) is 132 Å². The molecule has 0 bridgehead atoms. The number of hydrogen-bond acceptors (Lipinski definition) is 9. The molecule has 2 saturated heterocycles. The van der Waals surface area contributed by atoms with Crippen molar-refractivity contribution in [2.24, 2.45) is 17.3 Å². The standard InChI is InChI=1S/C55H69N9O6/c1-9-10-15-35-33(6)36(43-30-57-49(60-43)44-16-13-24-63(44)51(65)46(31(2)3)61-53(67)69-7)19-20-37(35)48-39-28-55(22-11-12-23-55)27-38(39)40(29-56-48)34-18-21-41-42(26-34)59-50(58-41)45-17-14-25-64(45)52(66)47(32(4)5)62-54(68)70-8/h9-10,18-21,26,29-32,44-47H,11-17,22-25,27-28H2,1-8H3,(H,57,60)(H,58,59)(H,61,67)(H,62,68). The van der Waals surface area contributed by atoms with E-state index in [2.05, 4.69) is 83.1 Å². The molecular formula is C55H69N9O6. The normalized spacial score (nSPS) is 19.5. The zero-order valence-electron chi connectivity index (χ0n) is 42.0. The van der Waals surface area contributed by atoms with Gasteiger partial charge in [-0.05, 0) is 129 Å². The van der Waals surface area contributed by atoms with Gasteiger partial charge in [-0.2, -0.15) is 0 Å². The summed E-state index contributed by atoms with van der Waals surface area (Å²) >= 11 is 0. The number of amides is 4.